The highest BCUT2D eigenvalue weighted by Crippen LogP contribution is 2.31. The maximum Gasteiger partial charge on any atom is 0.513 e. The summed E-state index contributed by atoms with van der Waals surface area (Å²) in [6, 6.07) is 4.73. The van der Waals surface area contributed by atoms with Crippen molar-refractivity contribution in [2.45, 2.75) is 20.8 Å². The predicted molar refractivity (Wildman–Crippen MR) is 75.9 cm³/mol. The molecule has 0 unspecified atom stereocenters. The monoisotopic (exact) mass is 297 g/mol. The molecule has 0 radical (unpaired) electrons. The van der Waals surface area contributed by atoms with Gasteiger partial charge in [-0.3, -0.25) is 0 Å². The topological polar surface area (TPSA) is 83.1 Å². The fourth-order valence-corrected chi connectivity index (χ4v) is 1.46. The van der Waals surface area contributed by atoms with Crippen LogP contribution in [0, 0.1) is 0 Å². The van der Waals surface area contributed by atoms with E-state index in [0.29, 0.717) is 12.2 Å². The summed E-state index contributed by atoms with van der Waals surface area (Å²) < 4.78 is 19.4. The molecule has 21 heavy (non-hydrogen) atoms. The summed E-state index contributed by atoms with van der Waals surface area (Å²) in [5, 5.41) is 3.06. The van der Waals surface area contributed by atoms with Gasteiger partial charge in [0.05, 0.1) is 13.2 Å². The van der Waals surface area contributed by atoms with E-state index in [4.69, 9.17) is 14.2 Å². The summed E-state index contributed by atoms with van der Waals surface area (Å²) in [7, 11) is 0. The quantitative estimate of drug-likeness (QED) is 0.637. The molecule has 0 saturated carbocycles. The molecule has 1 rings (SSSR count). The molecule has 0 aliphatic rings. The molecule has 116 valence electrons. The molecule has 1 aromatic rings. The van der Waals surface area contributed by atoms with Crippen LogP contribution in [0.4, 0.5) is 15.3 Å². The van der Waals surface area contributed by atoms with Gasteiger partial charge in [-0.1, -0.05) is 0 Å². The first-order valence-corrected chi connectivity index (χ1v) is 6.67. The summed E-state index contributed by atoms with van der Waals surface area (Å²) in [5.41, 5.74) is 0.716. The third-order valence-electron chi connectivity index (χ3n) is 2.24. The second-order valence-electron chi connectivity index (χ2n) is 3.76. The Morgan fingerprint density at radius 1 is 0.952 bits per heavy atom. The Kier molecular flexibility index (Phi) is 6.86. The van der Waals surface area contributed by atoms with Crippen molar-refractivity contribution in [2.75, 3.05) is 25.1 Å². The van der Waals surface area contributed by atoms with E-state index in [-0.39, 0.29) is 24.7 Å². The molecule has 0 saturated heterocycles. The third-order valence-corrected chi connectivity index (χ3v) is 2.24. The lowest BCUT2D eigenvalue weighted by molar-refractivity contribution is 0.0940. The van der Waals surface area contributed by atoms with Crippen molar-refractivity contribution < 1.29 is 28.5 Å². The molecule has 1 aromatic carbocycles. The molecule has 0 amide bonds. The van der Waals surface area contributed by atoms with Crippen LogP contribution in [0.25, 0.3) is 0 Å². The van der Waals surface area contributed by atoms with E-state index >= 15 is 0 Å². The van der Waals surface area contributed by atoms with Crippen LogP contribution in [-0.4, -0.2) is 32.1 Å². The molecule has 0 spiro atoms. The standard InChI is InChI=1S/C14H19NO6/c1-4-15-10-7-8-11(20-13(16)18-5-2)12(9-10)21-14(17)19-6-3/h7-9,15H,4-6H2,1-3H3. The van der Waals surface area contributed by atoms with Gasteiger partial charge in [-0.05, 0) is 32.9 Å². The summed E-state index contributed by atoms with van der Waals surface area (Å²) in [6.45, 7) is 6.30. The summed E-state index contributed by atoms with van der Waals surface area (Å²) in [6.07, 6.45) is -1.75. The highest BCUT2D eigenvalue weighted by Gasteiger charge is 2.15. The molecule has 0 atom stereocenters. The Morgan fingerprint density at radius 2 is 1.52 bits per heavy atom. The smallest absolute Gasteiger partial charge is 0.434 e. The van der Waals surface area contributed by atoms with Crippen LogP contribution in [0.5, 0.6) is 11.5 Å². The minimum absolute atomic E-state index is 0.0694. The number of anilines is 1. The second-order valence-corrected chi connectivity index (χ2v) is 3.76. The van der Waals surface area contributed by atoms with Crippen molar-refractivity contribution >= 4 is 18.0 Å². The van der Waals surface area contributed by atoms with Gasteiger partial charge < -0.3 is 24.3 Å². The van der Waals surface area contributed by atoms with Gasteiger partial charge in [0.1, 0.15) is 0 Å². The summed E-state index contributed by atoms with van der Waals surface area (Å²) in [4.78, 5) is 22.8. The number of carbonyl (C=O) groups is 2. The third kappa shape index (κ3) is 5.60. The first-order chi connectivity index (χ1) is 10.1. The van der Waals surface area contributed by atoms with Gasteiger partial charge in [-0.2, -0.15) is 0 Å². The van der Waals surface area contributed by atoms with Gasteiger partial charge in [0.25, 0.3) is 0 Å². The van der Waals surface area contributed by atoms with E-state index in [1.54, 1.807) is 19.9 Å². The van der Waals surface area contributed by atoms with Crippen molar-refractivity contribution in [2.24, 2.45) is 0 Å². The average molecular weight is 297 g/mol. The molecular formula is C14H19NO6. The van der Waals surface area contributed by atoms with Gasteiger partial charge in [0, 0.05) is 18.3 Å². The Labute approximate surface area is 123 Å². The van der Waals surface area contributed by atoms with E-state index in [0.717, 1.165) is 0 Å². The highest BCUT2D eigenvalue weighted by atomic mass is 16.7. The Balaban J connectivity index is 2.93. The van der Waals surface area contributed by atoms with Gasteiger partial charge in [0.2, 0.25) is 0 Å². The van der Waals surface area contributed by atoms with Gasteiger partial charge >= 0.3 is 12.3 Å². The molecule has 1 N–H and O–H groups in total. The zero-order chi connectivity index (χ0) is 15.7. The predicted octanol–water partition coefficient (Wildman–Crippen LogP) is 3.19. The number of ether oxygens (including phenoxy) is 4. The molecule has 0 fully saturated rings. The Morgan fingerprint density at radius 3 is 2.05 bits per heavy atom. The van der Waals surface area contributed by atoms with Crippen LogP contribution in [-0.2, 0) is 9.47 Å². The molecule has 0 heterocycles. The summed E-state index contributed by atoms with van der Waals surface area (Å²) in [5.74, 6) is 0.142. The highest BCUT2D eigenvalue weighted by molar-refractivity contribution is 5.70. The number of rotatable bonds is 6. The SMILES string of the molecule is CCNc1ccc(OC(=O)OCC)c(OC(=O)OCC)c1. The minimum Gasteiger partial charge on any atom is -0.434 e. The van der Waals surface area contributed by atoms with Crippen LogP contribution in [0.1, 0.15) is 20.8 Å². The van der Waals surface area contributed by atoms with E-state index in [2.05, 4.69) is 10.1 Å². The molecular weight excluding hydrogens is 278 g/mol. The number of hydrogen-bond acceptors (Lipinski definition) is 7. The van der Waals surface area contributed by atoms with E-state index in [9.17, 15) is 9.59 Å². The van der Waals surface area contributed by atoms with Crippen LogP contribution < -0.4 is 14.8 Å². The normalized spacial score (nSPS) is 9.67. The number of hydrogen-bond donors (Lipinski definition) is 1. The molecule has 0 aromatic heterocycles. The molecule has 0 aliphatic carbocycles. The molecule has 7 nitrogen and oxygen atoms in total. The van der Waals surface area contributed by atoms with Crippen LogP contribution in [0.15, 0.2) is 18.2 Å². The van der Waals surface area contributed by atoms with Crippen LogP contribution >= 0.6 is 0 Å². The fourth-order valence-electron chi connectivity index (χ4n) is 1.46. The van der Waals surface area contributed by atoms with Crippen LogP contribution in [0.3, 0.4) is 0 Å². The minimum atomic E-state index is -0.875. The first-order valence-electron chi connectivity index (χ1n) is 6.67. The van der Waals surface area contributed by atoms with Crippen molar-refractivity contribution in [3.8, 4) is 11.5 Å². The number of benzene rings is 1. The Hall–Kier alpha value is -2.44. The van der Waals surface area contributed by atoms with Crippen LogP contribution in [0.2, 0.25) is 0 Å². The maximum absolute atomic E-state index is 11.4. The maximum atomic E-state index is 11.4. The zero-order valence-corrected chi connectivity index (χ0v) is 12.3. The zero-order valence-electron chi connectivity index (χ0n) is 12.3. The largest absolute Gasteiger partial charge is 0.513 e. The lowest BCUT2D eigenvalue weighted by Gasteiger charge is -2.12. The molecule has 7 heteroatoms. The van der Waals surface area contributed by atoms with Crippen molar-refractivity contribution in [3.05, 3.63) is 18.2 Å². The Bertz CT molecular complexity index is 488. The lowest BCUT2D eigenvalue weighted by atomic mass is 10.2. The molecule has 0 bridgehead atoms. The van der Waals surface area contributed by atoms with E-state index in [1.165, 1.54) is 12.1 Å². The first kappa shape index (κ1) is 16.6. The summed E-state index contributed by atoms with van der Waals surface area (Å²) >= 11 is 0. The fraction of sp³-hybridized carbons (Fsp3) is 0.429. The van der Waals surface area contributed by atoms with Gasteiger partial charge in [-0.25, -0.2) is 9.59 Å². The molecule has 0 aliphatic heterocycles. The van der Waals surface area contributed by atoms with E-state index < -0.39 is 12.3 Å². The van der Waals surface area contributed by atoms with Crippen molar-refractivity contribution in [1.82, 2.24) is 0 Å². The number of nitrogens with one attached hydrogen (secondary N) is 1. The average Bonchev–Trinajstić information content (AvgIpc) is 2.42. The van der Waals surface area contributed by atoms with E-state index in [1.807, 2.05) is 6.92 Å². The second kappa shape index (κ2) is 8.68. The van der Waals surface area contributed by atoms with Gasteiger partial charge in [0.15, 0.2) is 11.5 Å². The number of carbonyl (C=O) groups excluding carboxylic acids is 2. The lowest BCUT2D eigenvalue weighted by Crippen LogP contribution is -2.14. The van der Waals surface area contributed by atoms with Crippen molar-refractivity contribution in [1.29, 1.82) is 0 Å². The van der Waals surface area contributed by atoms with Gasteiger partial charge in [-0.15, -0.1) is 0 Å². The van der Waals surface area contributed by atoms with Crippen molar-refractivity contribution in [3.63, 3.8) is 0 Å².